The summed E-state index contributed by atoms with van der Waals surface area (Å²) in [5, 5.41) is 3.52. The number of benzene rings is 3. The monoisotopic (exact) mass is 566 g/mol. The third-order valence-corrected chi connectivity index (χ3v) is 7.56. The Kier molecular flexibility index (Phi) is 8.93. The van der Waals surface area contributed by atoms with Gasteiger partial charge in [0.15, 0.2) is 0 Å². The lowest BCUT2D eigenvalue weighted by molar-refractivity contribution is 0.0941. The number of aromatic nitrogens is 1. The Balaban J connectivity index is 1.84. The summed E-state index contributed by atoms with van der Waals surface area (Å²) in [4.78, 5) is 30.4. The van der Waals surface area contributed by atoms with Crippen LogP contribution in [0.1, 0.15) is 68.9 Å². The van der Waals surface area contributed by atoms with Gasteiger partial charge in [-0.1, -0.05) is 55.8 Å². The molecule has 1 aromatic heterocycles. The highest BCUT2D eigenvalue weighted by molar-refractivity contribution is 7.98. The molecular weight excluding hydrogens is 538 g/mol. The van der Waals surface area contributed by atoms with Crippen molar-refractivity contribution in [1.29, 1.82) is 0 Å². The van der Waals surface area contributed by atoms with Crippen LogP contribution in [-0.2, 0) is 0 Å². The maximum absolute atomic E-state index is 15.3. The molecule has 4 nitrogen and oxygen atoms in total. The van der Waals surface area contributed by atoms with E-state index in [-0.39, 0.29) is 33.9 Å². The molecule has 1 heterocycles. The molecule has 8 heteroatoms. The Labute approximate surface area is 236 Å². The summed E-state index contributed by atoms with van der Waals surface area (Å²) in [5.74, 6) is -1.60. The van der Waals surface area contributed by atoms with Crippen LogP contribution in [0.15, 0.2) is 66.9 Å². The first-order valence-electron chi connectivity index (χ1n) is 12.5. The molecule has 1 atom stereocenters. The number of carbonyl (C=O) groups is 2. The zero-order chi connectivity index (χ0) is 28.3. The maximum atomic E-state index is 15.3. The van der Waals surface area contributed by atoms with Gasteiger partial charge in [0.05, 0.1) is 17.3 Å². The van der Waals surface area contributed by atoms with Crippen molar-refractivity contribution in [1.82, 2.24) is 10.3 Å². The quantitative estimate of drug-likeness (QED) is 0.201. The van der Waals surface area contributed by atoms with E-state index in [0.29, 0.717) is 16.3 Å². The maximum Gasteiger partial charge on any atom is 0.253 e. The Morgan fingerprint density at radius 1 is 0.974 bits per heavy atom. The van der Waals surface area contributed by atoms with E-state index in [2.05, 4.69) is 10.3 Å². The minimum atomic E-state index is -0.733. The Morgan fingerprint density at radius 2 is 1.67 bits per heavy atom. The van der Waals surface area contributed by atoms with Gasteiger partial charge < -0.3 is 10.3 Å². The molecule has 0 aliphatic heterocycles. The molecule has 1 unspecified atom stereocenters. The molecule has 39 heavy (non-hydrogen) atoms. The summed E-state index contributed by atoms with van der Waals surface area (Å²) in [5.41, 5.74) is 2.09. The fourth-order valence-electron chi connectivity index (χ4n) is 4.53. The number of H-pyrrole nitrogens is 1. The fourth-order valence-corrected chi connectivity index (χ4v) is 5.34. The lowest BCUT2D eigenvalue weighted by Crippen LogP contribution is -2.30. The van der Waals surface area contributed by atoms with Gasteiger partial charge in [-0.05, 0) is 66.1 Å². The molecule has 0 aliphatic carbocycles. The molecule has 4 aromatic rings. The van der Waals surface area contributed by atoms with Gasteiger partial charge in [-0.15, -0.1) is 0 Å². The summed E-state index contributed by atoms with van der Waals surface area (Å²) in [6, 6.07) is 16.0. The van der Waals surface area contributed by atoms with E-state index in [9.17, 15) is 14.0 Å². The van der Waals surface area contributed by atoms with Crippen LogP contribution in [0.25, 0.3) is 11.1 Å². The molecule has 4 rings (SSSR count). The van der Waals surface area contributed by atoms with Crippen molar-refractivity contribution in [3.05, 3.63) is 117 Å². The van der Waals surface area contributed by atoms with Crippen molar-refractivity contribution in [3.63, 3.8) is 0 Å². The number of halogens is 3. The van der Waals surface area contributed by atoms with Gasteiger partial charge in [0.2, 0.25) is 5.78 Å². The highest BCUT2D eigenvalue weighted by Crippen LogP contribution is 2.36. The molecule has 0 saturated carbocycles. The normalized spacial score (nSPS) is 12.0. The first-order valence-corrected chi connectivity index (χ1v) is 14.3. The van der Waals surface area contributed by atoms with E-state index in [4.69, 9.17) is 11.6 Å². The second kappa shape index (κ2) is 12.2. The molecule has 0 fully saturated rings. The molecular formula is C31H29ClF2N2O2S. The number of nitrogens with one attached hydrogen (secondary N) is 2. The molecule has 0 aliphatic rings. The number of thioether (sulfide) groups is 1. The summed E-state index contributed by atoms with van der Waals surface area (Å²) >= 11 is 7.72. The Morgan fingerprint density at radius 3 is 2.36 bits per heavy atom. The van der Waals surface area contributed by atoms with Crippen LogP contribution >= 0.6 is 23.4 Å². The summed E-state index contributed by atoms with van der Waals surface area (Å²) in [6.07, 6.45) is 3.29. The lowest BCUT2D eigenvalue weighted by Gasteiger charge is -2.19. The lowest BCUT2D eigenvalue weighted by atomic mass is 9.92. The highest BCUT2D eigenvalue weighted by atomic mass is 35.5. The van der Waals surface area contributed by atoms with Crippen LogP contribution in [0.2, 0.25) is 5.02 Å². The van der Waals surface area contributed by atoms with Crippen molar-refractivity contribution < 1.29 is 18.4 Å². The van der Waals surface area contributed by atoms with Gasteiger partial charge in [0, 0.05) is 33.7 Å². The van der Waals surface area contributed by atoms with Crippen molar-refractivity contribution in [3.8, 4) is 11.1 Å². The van der Waals surface area contributed by atoms with Crippen LogP contribution in [0.3, 0.4) is 0 Å². The Bertz CT molecular complexity index is 1530. The van der Waals surface area contributed by atoms with E-state index >= 15 is 4.39 Å². The number of ketones is 1. The van der Waals surface area contributed by atoms with E-state index in [0.717, 1.165) is 23.3 Å². The van der Waals surface area contributed by atoms with Crippen molar-refractivity contribution >= 4 is 35.1 Å². The second-order valence-corrected chi connectivity index (χ2v) is 11.0. The van der Waals surface area contributed by atoms with Gasteiger partial charge in [0.25, 0.3) is 5.91 Å². The zero-order valence-corrected chi connectivity index (χ0v) is 23.6. The van der Waals surface area contributed by atoms with Gasteiger partial charge in [-0.25, -0.2) is 8.78 Å². The van der Waals surface area contributed by atoms with Crippen LogP contribution < -0.4 is 5.32 Å². The van der Waals surface area contributed by atoms with Crippen LogP contribution in [0, 0.1) is 18.6 Å². The third-order valence-electron chi connectivity index (χ3n) is 6.66. The van der Waals surface area contributed by atoms with Crippen LogP contribution in [-0.4, -0.2) is 28.7 Å². The molecule has 1 amide bonds. The number of hydrogen-bond acceptors (Lipinski definition) is 3. The highest BCUT2D eigenvalue weighted by Gasteiger charge is 2.29. The summed E-state index contributed by atoms with van der Waals surface area (Å²) in [7, 11) is 0. The minimum Gasteiger partial charge on any atom is -0.357 e. The van der Waals surface area contributed by atoms with Crippen molar-refractivity contribution in [2.45, 2.75) is 32.7 Å². The number of aromatic amines is 1. The number of hydrogen-bond donors (Lipinski definition) is 2. The van der Waals surface area contributed by atoms with E-state index < -0.39 is 29.4 Å². The second-order valence-electron chi connectivity index (χ2n) is 9.63. The first-order chi connectivity index (χ1) is 18.6. The Hall–Kier alpha value is -3.42. The van der Waals surface area contributed by atoms with Gasteiger partial charge >= 0.3 is 0 Å². The number of amides is 1. The SMILES string of the molecule is CSCC(NC(=O)c1c[nH]c(C(=O)c2cccc(C(C)C)c2)c1-c1c(F)ccc(F)c1C)c1cccc(Cl)c1. The fraction of sp³-hybridized carbons (Fsp3) is 0.226. The first kappa shape index (κ1) is 28.6. The van der Waals surface area contributed by atoms with Gasteiger partial charge in [-0.3, -0.25) is 9.59 Å². The third kappa shape index (κ3) is 6.10. The molecule has 0 saturated heterocycles. The number of rotatable bonds is 9. The largest absolute Gasteiger partial charge is 0.357 e. The van der Waals surface area contributed by atoms with E-state index in [1.165, 1.54) is 24.9 Å². The standard InChI is InChI=1S/C31H29ClF2N2O2S/c1-17(2)19-7-5-9-21(13-19)30(37)29-28(27-18(3)24(33)11-12-25(27)34)23(15-35-29)31(38)36-26(16-39-4)20-8-6-10-22(32)14-20/h5-15,17,26,35H,16H2,1-4H3,(H,36,38). The molecule has 3 aromatic carbocycles. The van der Waals surface area contributed by atoms with Crippen LogP contribution in [0.5, 0.6) is 0 Å². The van der Waals surface area contributed by atoms with Gasteiger partial charge in [-0.2, -0.15) is 11.8 Å². The predicted molar refractivity (Wildman–Crippen MR) is 155 cm³/mol. The molecule has 0 spiro atoms. The zero-order valence-electron chi connectivity index (χ0n) is 22.1. The average Bonchev–Trinajstić information content (AvgIpc) is 3.35. The smallest absolute Gasteiger partial charge is 0.253 e. The van der Waals surface area contributed by atoms with Crippen molar-refractivity contribution in [2.75, 3.05) is 12.0 Å². The molecule has 2 N–H and O–H groups in total. The molecule has 202 valence electrons. The van der Waals surface area contributed by atoms with Crippen LogP contribution in [0.4, 0.5) is 8.78 Å². The van der Waals surface area contributed by atoms with E-state index in [1.807, 2.05) is 32.2 Å². The number of carbonyl (C=O) groups excluding carboxylic acids is 2. The van der Waals surface area contributed by atoms with E-state index in [1.54, 1.807) is 36.4 Å². The average molecular weight is 567 g/mol. The summed E-state index contributed by atoms with van der Waals surface area (Å²) in [6.45, 7) is 5.46. The summed E-state index contributed by atoms with van der Waals surface area (Å²) < 4.78 is 30.0. The molecule has 0 bridgehead atoms. The minimum absolute atomic E-state index is 0.00383. The molecule has 0 radical (unpaired) electrons. The van der Waals surface area contributed by atoms with Gasteiger partial charge in [0.1, 0.15) is 11.6 Å². The van der Waals surface area contributed by atoms with Crippen molar-refractivity contribution in [2.24, 2.45) is 0 Å². The topological polar surface area (TPSA) is 62.0 Å². The predicted octanol–water partition coefficient (Wildman–Crippen LogP) is 8.11.